The lowest BCUT2D eigenvalue weighted by Gasteiger charge is -2.25. The zero-order chi connectivity index (χ0) is 14.5. The van der Waals surface area contributed by atoms with E-state index in [1.54, 1.807) is 4.90 Å². The zero-order valence-corrected chi connectivity index (χ0v) is 11.7. The molecule has 1 saturated heterocycles. The van der Waals surface area contributed by atoms with Crippen LogP contribution < -0.4 is 10.6 Å². The molecule has 0 saturated carbocycles. The number of primary amides is 1. The van der Waals surface area contributed by atoms with Crippen molar-refractivity contribution < 1.29 is 14.3 Å². The van der Waals surface area contributed by atoms with Crippen molar-refractivity contribution in [1.82, 2.24) is 0 Å². The number of hydrogen-bond donors (Lipinski definition) is 1. The van der Waals surface area contributed by atoms with Crippen LogP contribution in [0.3, 0.4) is 0 Å². The highest BCUT2D eigenvalue weighted by molar-refractivity contribution is 5.96. The Labute approximate surface area is 118 Å². The van der Waals surface area contributed by atoms with Gasteiger partial charge in [-0.05, 0) is 31.0 Å². The molecule has 2 amide bonds. The molecule has 1 heterocycles. The second-order valence-corrected chi connectivity index (χ2v) is 5.11. The molecule has 0 aliphatic carbocycles. The molecule has 1 aliphatic rings. The fourth-order valence-electron chi connectivity index (χ4n) is 2.33. The van der Waals surface area contributed by atoms with E-state index in [2.05, 4.69) is 0 Å². The summed E-state index contributed by atoms with van der Waals surface area (Å²) >= 11 is 0. The Morgan fingerprint density at radius 3 is 2.85 bits per heavy atom. The highest BCUT2D eigenvalue weighted by atomic mass is 16.5. The first-order chi connectivity index (χ1) is 9.58. The molecule has 0 radical (unpaired) electrons. The summed E-state index contributed by atoms with van der Waals surface area (Å²) in [6.45, 7) is 3.36. The van der Waals surface area contributed by atoms with Crippen molar-refractivity contribution in [3.8, 4) is 0 Å². The largest absolute Gasteiger partial charge is 0.381 e. The molecule has 2 rings (SSSR count). The van der Waals surface area contributed by atoms with Crippen LogP contribution in [-0.4, -0.2) is 31.6 Å². The number of nitrogens with two attached hydrogens (primary N) is 1. The van der Waals surface area contributed by atoms with Crippen molar-refractivity contribution in [1.29, 1.82) is 0 Å². The van der Waals surface area contributed by atoms with Gasteiger partial charge in [-0.2, -0.15) is 0 Å². The Morgan fingerprint density at radius 1 is 1.45 bits per heavy atom. The van der Waals surface area contributed by atoms with Gasteiger partial charge in [0, 0.05) is 25.3 Å². The Balaban J connectivity index is 2.19. The summed E-state index contributed by atoms with van der Waals surface area (Å²) in [5.41, 5.74) is 7.08. The van der Waals surface area contributed by atoms with Crippen LogP contribution in [0.25, 0.3) is 0 Å². The summed E-state index contributed by atoms with van der Waals surface area (Å²) in [5, 5.41) is 0. The number of nitrogens with zero attached hydrogens (tertiary/aromatic N) is 1. The molecule has 1 atom stereocenters. The van der Waals surface area contributed by atoms with Crippen LogP contribution in [0.4, 0.5) is 5.69 Å². The van der Waals surface area contributed by atoms with Gasteiger partial charge in [0.2, 0.25) is 11.8 Å². The lowest BCUT2D eigenvalue weighted by atomic mass is 10.1. The molecule has 0 unspecified atom stereocenters. The SMILES string of the molecule is Cc1cccc(N(CCC(N)=O)C(=O)[C@H]2CCOC2)c1. The summed E-state index contributed by atoms with van der Waals surface area (Å²) in [7, 11) is 0. The van der Waals surface area contributed by atoms with Crippen molar-refractivity contribution in [3.63, 3.8) is 0 Å². The predicted octanol–water partition coefficient (Wildman–Crippen LogP) is 1.24. The molecule has 1 aromatic rings. The van der Waals surface area contributed by atoms with Crippen LogP contribution in [0.2, 0.25) is 0 Å². The normalized spacial score (nSPS) is 17.9. The molecule has 5 heteroatoms. The van der Waals surface area contributed by atoms with Gasteiger partial charge in [0.1, 0.15) is 0 Å². The van der Waals surface area contributed by atoms with E-state index in [0.717, 1.165) is 17.7 Å². The van der Waals surface area contributed by atoms with Crippen LogP contribution in [0.5, 0.6) is 0 Å². The Bertz CT molecular complexity index is 496. The maximum Gasteiger partial charge on any atom is 0.232 e. The molecule has 2 N–H and O–H groups in total. The first-order valence-electron chi connectivity index (χ1n) is 6.82. The molecule has 0 aromatic heterocycles. The molecule has 108 valence electrons. The van der Waals surface area contributed by atoms with E-state index in [1.165, 1.54) is 0 Å². The summed E-state index contributed by atoms with van der Waals surface area (Å²) in [6.07, 6.45) is 0.894. The van der Waals surface area contributed by atoms with Crippen LogP contribution in [-0.2, 0) is 14.3 Å². The van der Waals surface area contributed by atoms with Gasteiger partial charge in [-0.1, -0.05) is 12.1 Å². The standard InChI is InChI=1S/C15H20N2O3/c1-11-3-2-4-13(9-11)17(7-5-14(16)18)15(19)12-6-8-20-10-12/h2-4,9,12H,5-8,10H2,1H3,(H2,16,18)/t12-/m0/s1. The molecule has 0 bridgehead atoms. The number of benzene rings is 1. The fourth-order valence-corrected chi connectivity index (χ4v) is 2.33. The number of hydrogen-bond acceptors (Lipinski definition) is 3. The minimum absolute atomic E-state index is 0.00866. The number of anilines is 1. The Kier molecular flexibility index (Phi) is 4.74. The monoisotopic (exact) mass is 276 g/mol. The number of ether oxygens (including phenoxy) is 1. The molecule has 20 heavy (non-hydrogen) atoms. The van der Waals surface area contributed by atoms with E-state index >= 15 is 0 Å². The Hall–Kier alpha value is -1.88. The van der Waals surface area contributed by atoms with Gasteiger partial charge < -0.3 is 15.4 Å². The number of aryl methyl sites for hydroxylation is 1. The molecule has 1 aromatic carbocycles. The molecule has 1 fully saturated rings. The lowest BCUT2D eigenvalue weighted by molar-refractivity contribution is -0.122. The summed E-state index contributed by atoms with van der Waals surface area (Å²) in [5.74, 6) is -0.518. The summed E-state index contributed by atoms with van der Waals surface area (Å²) in [4.78, 5) is 25.2. The van der Waals surface area contributed by atoms with Crippen molar-refractivity contribution >= 4 is 17.5 Å². The highest BCUT2D eigenvalue weighted by Gasteiger charge is 2.29. The van der Waals surface area contributed by atoms with E-state index in [4.69, 9.17) is 10.5 Å². The van der Waals surface area contributed by atoms with E-state index < -0.39 is 5.91 Å². The van der Waals surface area contributed by atoms with E-state index in [-0.39, 0.29) is 18.2 Å². The second-order valence-electron chi connectivity index (χ2n) is 5.11. The molecular weight excluding hydrogens is 256 g/mol. The maximum absolute atomic E-state index is 12.6. The van der Waals surface area contributed by atoms with Gasteiger partial charge in [-0.3, -0.25) is 9.59 Å². The minimum Gasteiger partial charge on any atom is -0.381 e. The van der Waals surface area contributed by atoms with Crippen LogP contribution >= 0.6 is 0 Å². The lowest BCUT2D eigenvalue weighted by Crippen LogP contribution is -2.38. The van der Waals surface area contributed by atoms with Crippen LogP contribution in [0.1, 0.15) is 18.4 Å². The van der Waals surface area contributed by atoms with Crippen molar-refractivity contribution in [2.75, 3.05) is 24.7 Å². The van der Waals surface area contributed by atoms with Crippen molar-refractivity contribution in [3.05, 3.63) is 29.8 Å². The smallest absolute Gasteiger partial charge is 0.232 e. The average Bonchev–Trinajstić information content (AvgIpc) is 2.92. The van der Waals surface area contributed by atoms with Crippen LogP contribution in [0.15, 0.2) is 24.3 Å². The van der Waals surface area contributed by atoms with Crippen LogP contribution in [0, 0.1) is 12.8 Å². The molecular formula is C15H20N2O3. The fraction of sp³-hybridized carbons (Fsp3) is 0.467. The van der Waals surface area contributed by atoms with Crippen molar-refractivity contribution in [2.45, 2.75) is 19.8 Å². The zero-order valence-electron chi connectivity index (χ0n) is 11.7. The number of carbonyl (C=O) groups excluding carboxylic acids is 2. The van der Waals surface area contributed by atoms with E-state index in [1.807, 2.05) is 31.2 Å². The third kappa shape index (κ3) is 3.57. The Morgan fingerprint density at radius 2 is 2.25 bits per heavy atom. The van der Waals surface area contributed by atoms with Gasteiger partial charge in [-0.15, -0.1) is 0 Å². The third-order valence-corrected chi connectivity index (χ3v) is 3.44. The average molecular weight is 276 g/mol. The van der Waals surface area contributed by atoms with E-state index in [0.29, 0.717) is 19.8 Å². The summed E-state index contributed by atoms with van der Waals surface area (Å²) in [6, 6.07) is 7.69. The quantitative estimate of drug-likeness (QED) is 0.879. The molecule has 5 nitrogen and oxygen atoms in total. The number of amides is 2. The first kappa shape index (κ1) is 14.5. The van der Waals surface area contributed by atoms with Gasteiger partial charge in [0.25, 0.3) is 0 Å². The van der Waals surface area contributed by atoms with E-state index in [9.17, 15) is 9.59 Å². The number of rotatable bonds is 5. The third-order valence-electron chi connectivity index (χ3n) is 3.44. The maximum atomic E-state index is 12.6. The second kappa shape index (κ2) is 6.52. The van der Waals surface area contributed by atoms with Gasteiger partial charge in [0.15, 0.2) is 0 Å². The van der Waals surface area contributed by atoms with Gasteiger partial charge >= 0.3 is 0 Å². The minimum atomic E-state index is -0.405. The van der Waals surface area contributed by atoms with Gasteiger partial charge in [0.05, 0.1) is 12.5 Å². The predicted molar refractivity (Wildman–Crippen MR) is 76.3 cm³/mol. The number of carbonyl (C=O) groups is 2. The molecule has 1 aliphatic heterocycles. The first-order valence-corrected chi connectivity index (χ1v) is 6.82. The molecule has 0 spiro atoms. The highest BCUT2D eigenvalue weighted by Crippen LogP contribution is 2.22. The van der Waals surface area contributed by atoms with Gasteiger partial charge in [-0.25, -0.2) is 0 Å². The summed E-state index contributed by atoms with van der Waals surface area (Å²) < 4.78 is 5.27. The topological polar surface area (TPSA) is 72.6 Å². The van der Waals surface area contributed by atoms with Crippen molar-refractivity contribution in [2.24, 2.45) is 11.7 Å².